The Morgan fingerprint density at radius 3 is 2.28 bits per heavy atom. The van der Waals surface area contributed by atoms with E-state index in [0.29, 0.717) is 6.42 Å². The number of ether oxygens (including phenoxy) is 1. The van der Waals surface area contributed by atoms with Crippen molar-refractivity contribution >= 4 is 29.0 Å². The lowest BCUT2D eigenvalue weighted by atomic mass is 10.0. The molecule has 0 unspecified atom stereocenters. The number of nitrogens with one attached hydrogen (secondary N) is 2. The van der Waals surface area contributed by atoms with Gasteiger partial charge in [0.25, 0.3) is 5.56 Å². The maximum Gasteiger partial charge on any atom is 0.414 e. The van der Waals surface area contributed by atoms with E-state index in [1.54, 1.807) is 6.92 Å². The largest absolute Gasteiger partial charge is 0.436 e. The predicted molar refractivity (Wildman–Crippen MR) is 118 cm³/mol. The van der Waals surface area contributed by atoms with Gasteiger partial charge in [-0.1, -0.05) is 67.6 Å². The minimum atomic E-state index is -0.791. The summed E-state index contributed by atoms with van der Waals surface area (Å²) in [6.45, 7) is 1.79. The van der Waals surface area contributed by atoms with Gasteiger partial charge in [0, 0.05) is 6.42 Å². The van der Waals surface area contributed by atoms with Crippen LogP contribution in [0.5, 0.6) is 0 Å². The summed E-state index contributed by atoms with van der Waals surface area (Å²) in [6, 6.07) is 18.6. The second-order valence-corrected chi connectivity index (χ2v) is 7.08. The van der Waals surface area contributed by atoms with Crippen molar-refractivity contribution in [2.24, 2.45) is 0 Å². The Morgan fingerprint density at radius 2 is 1.69 bits per heavy atom. The molecule has 0 aliphatic rings. The second kappa shape index (κ2) is 9.25. The molecule has 1 amide bonds. The maximum absolute atomic E-state index is 12.7. The van der Waals surface area contributed by atoms with Gasteiger partial charge in [-0.2, -0.15) is 4.98 Å². The van der Waals surface area contributed by atoms with Crippen molar-refractivity contribution in [3.05, 3.63) is 88.5 Å². The van der Waals surface area contributed by atoms with Crippen molar-refractivity contribution in [1.29, 1.82) is 0 Å². The standard InChI is InChI=1S/C23H21N5O4/c1-2-17(29)13-28-14-24-18-20(28)25-22(26-21(18)30)27-23(31)32-19(15-9-5-3-6-10-15)16-11-7-4-8-12-16/h3-12,14,19H,2,13H2,1H3,(H2,25,26,27,30,31). The number of imidazole rings is 1. The number of aromatic nitrogens is 4. The molecule has 9 nitrogen and oxygen atoms in total. The number of hydrogen-bond donors (Lipinski definition) is 2. The highest BCUT2D eigenvalue weighted by atomic mass is 16.6. The molecule has 2 aromatic carbocycles. The summed E-state index contributed by atoms with van der Waals surface area (Å²) in [5, 5.41) is 2.48. The third-order valence-electron chi connectivity index (χ3n) is 4.87. The molecule has 32 heavy (non-hydrogen) atoms. The fraction of sp³-hybridized carbons (Fsp3) is 0.174. The lowest BCUT2D eigenvalue weighted by molar-refractivity contribution is -0.119. The molecule has 0 atom stereocenters. The van der Waals surface area contributed by atoms with Gasteiger partial charge in [0.05, 0.1) is 12.9 Å². The normalized spacial score (nSPS) is 10.9. The number of hydrogen-bond acceptors (Lipinski definition) is 6. The minimum absolute atomic E-state index is 0.0335. The van der Waals surface area contributed by atoms with Crippen LogP contribution in [0.25, 0.3) is 11.2 Å². The van der Waals surface area contributed by atoms with Crippen molar-refractivity contribution in [2.45, 2.75) is 26.0 Å². The van der Waals surface area contributed by atoms with Crippen molar-refractivity contribution in [3.63, 3.8) is 0 Å². The molecule has 9 heteroatoms. The van der Waals surface area contributed by atoms with Crippen molar-refractivity contribution in [3.8, 4) is 0 Å². The first-order valence-corrected chi connectivity index (χ1v) is 10.1. The van der Waals surface area contributed by atoms with E-state index in [-0.39, 0.29) is 29.4 Å². The highest BCUT2D eigenvalue weighted by molar-refractivity contribution is 5.84. The van der Waals surface area contributed by atoms with Gasteiger partial charge in [0.2, 0.25) is 5.95 Å². The number of ketones is 1. The second-order valence-electron chi connectivity index (χ2n) is 7.08. The van der Waals surface area contributed by atoms with E-state index in [4.69, 9.17) is 4.74 Å². The van der Waals surface area contributed by atoms with Gasteiger partial charge in [0.1, 0.15) is 0 Å². The Kier molecular flexibility index (Phi) is 6.07. The fourth-order valence-electron chi connectivity index (χ4n) is 3.25. The predicted octanol–water partition coefficient (Wildman–Crippen LogP) is 3.44. The van der Waals surface area contributed by atoms with Gasteiger partial charge in [-0.15, -0.1) is 0 Å². The minimum Gasteiger partial charge on any atom is -0.436 e. The topological polar surface area (TPSA) is 119 Å². The zero-order valence-electron chi connectivity index (χ0n) is 17.3. The highest BCUT2D eigenvalue weighted by Crippen LogP contribution is 2.26. The van der Waals surface area contributed by atoms with E-state index in [2.05, 4.69) is 20.3 Å². The highest BCUT2D eigenvalue weighted by Gasteiger charge is 2.20. The number of carbonyl (C=O) groups excluding carboxylic acids is 2. The monoisotopic (exact) mass is 431 g/mol. The molecule has 2 heterocycles. The third kappa shape index (κ3) is 4.56. The smallest absolute Gasteiger partial charge is 0.414 e. The maximum atomic E-state index is 12.7. The number of fused-ring (bicyclic) bond motifs is 1. The van der Waals surface area contributed by atoms with Crippen LogP contribution < -0.4 is 10.9 Å². The number of H-pyrrole nitrogens is 1. The van der Waals surface area contributed by atoms with Crippen molar-refractivity contribution in [2.75, 3.05) is 5.32 Å². The third-order valence-corrected chi connectivity index (χ3v) is 4.87. The molecule has 4 aromatic rings. The number of rotatable bonds is 7. The van der Waals surface area contributed by atoms with E-state index in [1.165, 1.54) is 10.9 Å². The van der Waals surface area contributed by atoms with Crippen LogP contribution in [-0.2, 0) is 16.1 Å². The van der Waals surface area contributed by atoms with E-state index in [1.807, 2.05) is 60.7 Å². The molecular formula is C23H21N5O4. The fourth-order valence-corrected chi connectivity index (χ4v) is 3.25. The average Bonchev–Trinajstić information content (AvgIpc) is 3.21. The Labute approximate surface area is 183 Å². The van der Waals surface area contributed by atoms with E-state index >= 15 is 0 Å². The average molecular weight is 431 g/mol. The Bertz CT molecular complexity index is 1260. The van der Waals surface area contributed by atoms with Gasteiger partial charge in [0.15, 0.2) is 23.1 Å². The van der Waals surface area contributed by atoms with Gasteiger partial charge >= 0.3 is 6.09 Å². The SMILES string of the molecule is CCC(=O)Cn1cnc2c(=O)[nH]c(NC(=O)OC(c3ccccc3)c3ccccc3)nc21. The molecule has 4 rings (SSSR count). The molecule has 0 saturated heterocycles. The molecule has 0 fully saturated rings. The summed E-state index contributed by atoms with van der Waals surface area (Å²) in [5.41, 5.74) is 1.34. The Balaban J connectivity index is 1.59. The summed E-state index contributed by atoms with van der Waals surface area (Å²) < 4.78 is 7.16. The first-order valence-electron chi connectivity index (χ1n) is 10.1. The number of Topliss-reactive ketones (excluding diaryl/α,β-unsaturated/α-hetero) is 1. The zero-order valence-corrected chi connectivity index (χ0v) is 17.3. The van der Waals surface area contributed by atoms with Gasteiger partial charge in [-0.25, -0.2) is 9.78 Å². The van der Waals surface area contributed by atoms with Crippen LogP contribution in [0.1, 0.15) is 30.6 Å². The molecule has 0 aliphatic carbocycles. The molecule has 0 radical (unpaired) electrons. The molecule has 2 aromatic heterocycles. The molecular weight excluding hydrogens is 410 g/mol. The van der Waals surface area contributed by atoms with Crippen molar-refractivity contribution < 1.29 is 14.3 Å². The molecule has 0 spiro atoms. The van der Waals surface area contributed by atoms with Gasteiger partial charge in [-0.3, -0.25) is 19.9 Å². The number of amides is 1. The lowest BCUT2D eigenvalue weighted by Crippen LogP contribution is -2.22. The number of aromatic amines is 1. The number of anilines is 1. The molecule has 162 valence electrons. The number of carbonyl (C=O) groups is 2. The summed E-state index contributed by atoms with van der Waals surface area (Å²) in [7, 11) is 0. The molecule has 0 bridgehead atoms. The molecule has 2 N–H and O–H groups in total. The van der Waals surface area contributed by atoms with Crippen molar-refractivity contribution in [1.82, 2.24) is 19.5 Å². The number of benzene rings is 2. The summed E-state index contributed by atoms with van der Waals surface area (Å²) in [6.07, 6.45) is 0.283. The van der Waals surface area contributed by atoms with Crippen LogP contribution in [0.3, 0.4) is 0 Å². The first-order chi connectivity index (χ1) is 15.5. The van der Waals surface area contributed by atoms with E-state index in [0.717, 1.165) is 11.1 Å². The summed E-state index contributed by atoms with van der Waals surface area (Å²) >= 11 is 0. The van der Waals surface area contributed by atoms with Crippen LogP contribution in [-0.4, -0.2) is 31.4 Å². The van der Waals surface area contributed by atoms with Gasteiger partial charge < -0.3 is 9.30 Å². The molecule has 0 saturated carbocycles. The first kappa shape index (κ1) is 21.0. The van der Waals surface area contributed by atoms with Gasteiger partial charge in [-0.05, 0) is 11.1 Å². The van der Waals surface area contributed by atoms with Crippen LogP contribution in [0, 0.1) is 0 Å². The molecule has 0 aliphatic heterocycles. The van der Waals surface area contributed by atoms with Crippen LogP contribution in [0.2, 0.25) is 0 Å². The van der Waals surface area contributed by atoms with Crippen LogP contribution in [0.4, 0.5) is 10.7 Å². The summed E-state index contributed by atoms with van der Waals surface area (Å²) in [5.74, 6) is -0.132. The lowest BCUT2D eigenvalue weighted by Gasteiger charge is -2.19. The summed E-state index contributed by atoms with van der Waals surface area (Å²) in [4.78, 5) is 47.6. The van der Waals surface area contributed by atoms with Crippen LogP contribution in [0.15, 0.2) is 71.8 Å². The Hall–Kier alpha value is -4.27. The quantitative estimate of drug-likeness (QED) is 0.463. The van der Waals surface area contributed by atoms with E-state index in [9.17, 15) is 14.4 Å². The Morgan fingerprint density at radius 1 is 1.06 bits per heavy atom. The zero-order chi connectivity index (χ0) is 22.5. The van der Waals surface area contributed by atoms with E-state index < -0.39 is 17.8 Å². The number of nitrogens with zero attached hydrogens (tertiary/aromatic N) is 3. The van der Waals surface area contributed by atoms with Crippen LogP contribution >= 0.6 is 0 Å².